The van der Waals surface area contributed by atoms with Crippen molar-refractivity contribution in [2.75, 3.05) is 13.7 Å². The summed E-state index contributed by atoms with van der Waals surface area (Å²) in [7, 11) is 1.48. The van der Waals surface area contributed by atoms with Crippen molar-refractivity contribution in [1.29, 1.82) is 0 Å². The molecule has 1 aromatic heterocycles. The summed E-state index contributed by atoms with van der Waals surface area (Å²) in [5, 5.41) is 22.7. The molecule has 0 bridgehead atoms. The standard InChI is InChI=1S/C28H23ClN2O5/c1-36-19-9-10-22(29)21(14-19)26(33)24-25(16-5-4-6-18(32)13-16)31(28(35)27(24)34)12-11-17-15-30-23-8-3-2-7-20(17)23/h2-10,13-15,25,30,32-33H,11-12H2,1H3/b26-24+. The predicted octanol–water partition coefficient (Wildman–Crippen LogP) is 5.20. The van der Waals surface area contributed by atoms with Crippen LogP contribution in [-0.4, -0.2) is 45.4 Å². The summed E-state index contributed by atoms with van der Waals surface area (Å²) in [5.74, 6) is -1.54. The highest BCUT2D eigenvalue weighted by atomic mass is 35.5. The number of nitrogens with zero attached hydrogens (tertiary/aromatic N) is 1. The van der Waals surface area contributed by atoms with Crippen molar-refractivity contribution in [3.63, 3.8) is 0 Å². The number of hydrogen-bond donors (Lipinski definition) is 3. The largest absolute Gasteiger partial charge is 0.508 e. The zero-order valence-corrected chi connectivity index (χ0v) is 20.1. The molecule has 1 aliphatic rings. The van der Waals surface area contributed by atoms with Gasteiger partial charge in [-0.2, -0.15) is 0 Å². The maximum atomic E-state index is 13.3. The number of benzene rings is 3. The Kier molecular flexibility index (Phi) is 6.16. The minimum Gasteiger partial charge on any atom is -0.508 e. The zero-order valence-electron chi connectivity index (χ0n) is 19.4. The Bertz CT molecular complexity index is 1520. The Labute approximate surface area is 212 Å². The van der Waals surface area contributed by atoms with Crippen LogP contribution in [-0.2, 0) is 16.0 Å². The first-order valence-electron chi connectivity index (χ1n) is 11.3. The number of H-pyrrole nitrogens is 1. The van der Waals surface area contributed by atoms with E-state index in [2.05, 4.69) is 4.98 Å². The van der Waals surface area contributed by atoms with Crippen LogP contribution in [0.1, 0.15) is 22.7 Å². The topological polar surface area (TPSA) is 103 Å². The average Bonchev–Trinajstić information content (AvgIpc) is 3.41. The third-order valence-corrected chi connectivity index (χ3v) is 6.78. The van der Waals surface area contributed by atoms with Crippen molar-refractivity contribution in [2.45, 2.75) is 12.5 Å². The minimum atomic E-state index is -0.912. The normalized spacial score (nSPS) is 17.2. The van der Waals surface area contributed by atoms with Gasteiger partial charge in [0.15, 0.2) is 0 Å². The van der Waals surface area contributed by atoms with Crippen LogP contribution in [0.15, 0.2) is 78.5 Å². The van der Waals surface area contributed by atoms with Gasteiger partial charge in [-0.3, -0.25) is 9.59 Å². The highest BCUT2D eigenvalue weighted by Crippen LogP contribution is 2.42. The number of amides is 1. The van der Waals surface area contributed by atoms with Crippen LogP contribution in [0.4, 0.5) is 0 Å². The molecule has 1 aliphatic heterocycles. The number of aromatic hydroxyl groups is 1. The first kappa shape index (κ1) is 23.5. The molecule has 0 spiro atoms. The van der Waals surface area contributed by atoms with E-state index in [4.69, 9.17) is 16.3 Å². The minimum absolute atomic E-state index is 0.0193. The third-order valence-electron chi connectivity index (χ3n) is 6.45. The van der Waals surface area contributed by atoms with Gasteiger partial charge in [0.05, 0.1) is 23.7 Å². The Balaban J connectivity index is 1.60. The number of fused-ring (bicyclic) bond motifs is 1. The number of carbonyl (C=O) groups is 2. The molecule has 182 valence electrons. The van der Waals surface area contributed by atoms with Crippen LogP contribution >= 0.6 is 11.6 Å². The lowest BCUT2D eigenvalue weighted by atomic mass is 9.95. The van der Waals surface area contributed by atoms with Crippen LogP contribution < -0.4 is 4.74 Å². The van der Waals surface area contributed by atoms with Gasteiger partial charge in [-0.15, -0.1) is 0 Å². The number of aliphatic hydroxyl groups is 1. The van der Waals surface area contributed by atoms with Crippen LogP contribution in [0.2, 0.25) is 5.02 Å². The molecular weight excluding hydrogens is 480 g/mol. The van der Waals surface area contributed by atoms with E-state index >= 15 is 0 Å². The number of phenolic OH excluding ortho intramolecular Hbond substituents is 1. The first-order valence-corrected chi connectivity index (χ1v) is 11.7. The monoisotopic (exact) mass is 502 g/mol. The number of ketones is 1. The fourth-order valence-electron chi connectivity index (χ4n) is 4.69. The van der Waals surface area contributed by atoms with Gasteiger partial charge < -0.3 is 24.8 Å². The highest BCUT2D eigenvalue weighted by Gasteiger charge is 2.46. The molecule has 1 unspecified atom stereocenters. The fourth-order valence-corrected chi connectivity index (χ4v) is 4.90. The first-order chi connectivity index (χ1) is 17.4. The van der Waals surface area contributed by atoms with E-state index in [1.165, 1.54) is 30.2 Å². The molecule has 3 aromatic carbocycles. The summed E-state index contributed by atoms with van der Waals surface area (Å²) in [5.41, 5.74) is 2.55. The molecule has 0 radical (unpaired) electrons. The molecule has 1 atom stereocenters. The summed E-state index contributed by atoms with van der Waals surface area (Å²) in [6.45, 7) is 0.218. The van der Waals surface area contributed by atoms with Gasteiger partial charge in [0.1, 0.15) is 17.3 Å². The molecule has 1 fully saturated rings. The number of likely N-dealkylation sites (tertiary alicyclic amines) is 1. The van der Waals surface area contributed by atoms with Crippen LogP contribution in [0, 0.1) is 0 Å². The fraction of sp³-hybridized carbons (Fsp3) is 0.143. The smallest absolute Gasteiger partial charge is 0.295 e. The molecule has 5 rings (SSSR count). The SMILES string of the molecule is COc1ccc(Cl)c(/C(O)=C2\C(=O)C(=O)N(CCc3c[nH]c4ccccc34)C2c2cccc(O)c2)c1. The van der Waals surface area contributed by atoms with Crippen molar-refractivity contribution < 1.29 is 24.5 Å². The number of carbonyl (C=O) groups excluding carboxylic acids is 2. The van der Waals surface area contributed by atoms with Gasteiger partial charge in [-0.05, 0) is 53.9 Å². The second-order valence-electron chi connectivity index (χ2n) is 8.54. The predicted molar refractivity (Wildman–Crippen MR) is 137 cm³/mol. The average molecular weight is 503 g/mol. The molecule has 0 aliphatic carbocycles. The number of aromatic amines is 1. The molecule has 0 saturated carbocycles. The maximum absolute atomic E-state index is 13.3. The molecule has 1 amide bonds. The van der Waals surface area contributed by atoms with Crippen LogP contribution in [0.5, 0.6) is 11.5 Å². The molecule has 36 heavy (non-hydrogen) atoms. The van der Waals surface area contributed by atoms with E-state index in [0.29, 0.717) is 17.7 Å². The van der Waals surface area contributed by atoms with E-state index in [0.717, 1.165) is 16.5 Å². The number of aromatic nitrogens is 1. The van der Waals surface area contributed by atoms with E-state index in [9.17, 15) is 19.8 Å². The number of phenols is 1. The van der Waals surface area contributed by atoms with Crippen LogP contribution in [0.25, 0.3) is 16.7 Å². The van der Waals surface area contributed by atoms with E-state index in [-0.39, 0.29) is 28.5 Å². The van der Waals surface area contributed by atoms with Crippen LogP contribution in [0.3, 0.4) is 0 Å². The van der Waals surface area contributed by atoms with Crippen molar-refractivity contribution >= 4 is 40.0 Å². The van der Waals surface area contributed by atoms with Gasteiger partial charge in [0.25, 0.3) is 11.7 Å². The summed E-state index contributed by atoms with van der Waals surface area (Å²) in [4.78, 5) is 31.2. The summed E-state index contributed by atoms with van der Waals surface area (Å²) in [6, 6.07) is 17.9. The van der Waals surface area contributed by atoms with Crippen molar-refractivity contribution in [3.8, 4) is 11.5 Å². The third kappa shape index (κ3) is 4.07. The Morgan fingerprint density at radius 2 is 1.89 bits per heavy atom. The lowest BCUT2D eigenvalue weighted by Crippen LogP contribution is -2.31. The van der Waals surface area contributed by atoms with E-state index in [1.54, 1.807) is 24.3 Å². The summed E-state index contributed by atoms with van der Waals surface area (Å²) < 4.78 is 5.24. The number of rotatable bonds is 6. The second kappa shape index (κ2) is 9.43. The Morgan fingerprint density at radius 3 is 2.67 bits per heavy atom. The zero-order chi connectivity index (χ0) is 25.4. The molecule has 8 heteroatoms. The molecule has 3 N–H and O–H groups in total. The van der Waals surface area contributed by atoms with Crippen molar-refractivity contribution in [1.82, 2.24) is 9.88 Å². The highest BCUT2D eigenvalue weighted by molar-refractivity contribution is 6.47. The summed E-state index contributed by atoms with van der Waals surface area (Å²) >= 11 is 6.35. The molecular formula is C28H23ClN2O5. The Morgan fingerprint density at radius 1 is 1.08 bits per heavy atom. The van der Waals surface area contributed by atoms with Gasteiger partial charge in [-0.1, -0.05) is 41.9 Å². The number of Topliss-reactive ketones (excluding diaryl/α,β-unsaturated/α-hetero) is 1. The second-order valence-corrected chi connectivity index (χ2v) is 8.95. The molecule has 7 nitrogen and oxygen atoms in total. The number of halogens is 1. The maximum Gasteiger partial charge on any atom is 0.295 e. The molecule has 2 heterocycles. The van der Waals surface area contributed by atoms with Crippen molar-refractivity contribution in [2.24, 2.45) is 0 Å². The number of para-hydroxylation sites is 1. The van der Waals surface area contributed by atoms with E-state index < -0.39 is 23.5 Å². The van der Waals surface area contributed by atoms with E-state index in [1.807, 2.05) is 30.5 Å². The quantitative estimate of drug-likeness (QED) is 0.191. The number of aliphatic hydroxyl groups excluding tert-OH is 1. The number of nitrogens with one attached hydrogen (secondary N) is 1. The van der Waals surface area contributed by atoms with Gasteiger partial charge >= 0.3 is 0 Å². The van der Waals surface area contributed by atoms with Gasteiger partial charge in [-0.25, -0.2) is 0 Å². The summed E-state index contributed by atoms with van der Waals surface area (Å²) in [6.07, 6.45) is 2.37. The van der Waals surface area contributed by atoms with Gasteiger partial charge in [0.2, 0.25) is 0 Å². The van der Waals surface area contributed by atoms with Gasteiger partial charge in [0, 0.05) is 29.2 Å². The lowest BCUT2D eigenvalue weighted by molar-refractivity contribution is -0.139. The number of hydrogen-bond acceptors (Lipinski definition) is 5. The molecule has 4 aromatic rings. The molecule has 1 saturated heterocycles. The Hall–Kier alpha value is -4.23. The number of ether oxygens (including phenoxy) is 1. The lowest BCUT2D eigenvalue weighted by Gasteiger charge is -2.25. The number of methoxy groups -OCH3 is 1. The van der Waals surface area contributed by atoms with Crippen molar-refractivity contribution in [3.05, 3.63) is 100 Å².